The SMILES string of the molecule is CCC(Cl)C(=O)c1cc(F)ccc1C. The Bertz CT molecular complexity index is 349. The molecular weight excluding hydrogens is 203 g/mol. The quantitative estimate of drug-likeness (QED) is 0.557. The normalized spacial score (nSPS) is 12.6. The van der Waals surface area contributed by atoms with E-state index in [1.165, 1.54) is 12.1 Å². The Balaban J connectivity index is 3.06. The topological polar surface area (TPSA) is 17.1 Å². The van der Waals surface area contributed by atoms with Gasteiger partial charge in [-0.25, -0.2) is 4.39 Å². The second-order valence-corrected chi connectivity index (χ2v) is 3.73. The second kappa shape index (κ2) is 4.56. The molecule has 0 fully saturated rings. The van der Waals surface area contributed by atoms with E-state index in [-0.39, 0.29) is 5.78 Å². The zero-order valence-electron chi connectivity index (χ0n) is 8.18. The Hall–Kier alpha value is -0.890. The standard InChI is InChI=1S/C11H12ClFO/c1-3-10(12)11(14)9-6-8(13)5-4-7(9)2/h4-6,10H,3H2,1-2H3. The van der Waals surface area contributed by atoms with Gasteiger partial charge in [-0.05, 0) is 31.0 Å². The summed E-state index contributed by atoms with van der Waals surface area (Å²) >= 11 is 5.80. The van der Waals surface area contributed by atoms with Crippen molar-refractivity contribution in [2.45, 2.75) is 25.6 Å². The van der Waals surface area contributed by atoms with Crippen LogP contribution in [0.15, 0.2) is 18.2 Å². The highest BCUT2D eigenvalue weighted by molar-refractivity contribution is 6.34. The van der Waals surface area contributed by atoms with Crippen molar-refractivity contribution in [3.63, 3.8) is 0 Å². The van der Waals surface area contributed by atoms with Crippen molar-refractivity contribution in [3.05, 3.63) is 35.1 Å². The minimum atomic E-state index is -0.560. The molecule has 0 amide bonds. The summed E-state index contributed by atoms with van der Waals surface area (Å²) < 4.78 is 12.9. The van der Waals surface area contributed by atoms with Gasteiger partial charge in [-0.1, -0.05) is 13.0 Å². The van der Waals surface area contributed by atoms with Crippen molar-refractivity contribution in [2.75, 3.05) is 0 Å². The highest BCUT2D eigenvalue weighted by Crippen LogP contribution is 2.16. The number of Topliss-reactive ketones (excluding diaryl/α,β-unsaturated/α-hetero) is 1. The molecule has 1 aromatic rings. The molecule has 0 heterocycles. The number of aryl methyl sites for hydroxylation is 1. The van der Waals surface area contributed by atoms with Crippen LogP contribution in [0, 0.1) is 12.7 Å². The van der Waals surface area contributed by atoms with Crippen molar-refractivity contribution in [1.82, 2.24) is 0 Å². The van der Waals surface area contributed by atoms with Gasteiger partial charge in [0.05, 0.1) is 5.38 Å². The average Bonchev–Trinajstić information content (AvgIpc) is 2.19. The van der Waals surface area contributed by atoms with E-state index < -0.39 is 11.2 Å². The first kappa shape index (κ1) is 11.2. The molecule has 0 radical (unpaired) electrons. The number of hydrogen-bond acceptors (Lipinski definition) is 1. The molecule has 0 saturated carbocycles. The first-order chi connectivity index (χ1) is 6.56. The monoisotopic (exact) mass is 214 g/mol. The molecule has 0 aliphatic carbocycles. The fourth-order valence-electron chi connectivity index (χ4n) is 1.21. The van der Waals surface area contributed by atoms with Gasteiger partial charge in [0.25, 0.3) is 0 Å². The van der Waals surface area contributed by atoms with E-state index in [1.54, 1.807) is 13.0 Å². The molecule has 0 aliphatic heterocycles. The Morgan fingerprint density at radius 3 is 2.79 bits per heavy atom. The van der Waals surface area contributed by atoms with E-state index in [9.17, 15) is 9.18 Å². The summed E-state index contributed by atoms with van der Waals surface area (Å²) in [7, 11) is 0. The second-order valence-electron chi connectivity index (χ2n) is 3.20. The number of alkyl halides is 1. The Kier molecular flexibility index (Phi) is 3.64. The van der Waals surface area contributed by atoms with E-state index in [0.29, 0.717) is 12.0 Å². The lowest BCUT2D eigenvalue weighted by Crippen LogP contribution is -2.15. The molecule has 0 bridgehead atoms. The van der Waals surface area contributed by atoms with Crippen molar-refractivity contribution >= 4 is 17.4 Å². The van der Waals surface area contributed by atoms with Gasteiger partial charge in [0.1, 0.15) is 5.82 Å². The lowest BCUT2D eigenvalue weighted by Gasteiger charge is -2.08. The molecular formula is C11H12ClFO. The largest absolute Gasteiger partial charge is 0.292 e. The van der Waals surface area contributed by atoms with Crippen molar-refractivity contribution < 1.29 is 9.18 Å². The first-order valence-corrected chi connectivity index (χ1v) is 4.94. The van der Waals surface area contributed by atoms with Gasteiger partial charge in [0.15, 0.2) is 5.78 Å². The van der Waals surface area contributed by atoms with E-state index in [0.717, 1.165) is 5.56 Å². The van der Waals surface area contributed by atoms with Gasteiger partial charge in [-0.3, -0.25) is 4.79 Å². The summed E-state index contributed by atoms with van der Waals surface area (Å²) in [5, 5.41) is -0.560. The predicted molar refractivity (Wildman–Crippen MR) is 55.4 cm³/mol. The van der Waals surface area contributed by atoms with Gasteiger partial charge in [0, 0.05) is 5.56 Å². The molecule has 3 heteroatoms. The lowest BCUT2D eigenvalue weighted by atomic mass is 10.0. The van der Waals surface area contributed by atoms with Crippen LogP contribution < -0.4 is 0 Å². The third kappa shape index (κ3) is 2.32. The van der Waals surface area contributed by atoms with Gasteiger partial charge < -0.3 is 0 Å². The Morgan fingerprint density at radius 1 is 1.57 bits per heavy atom. The smallest absolute Gasteiger partial charge is 0.181 e. The maximum atomic E-state index is 12.9. The van der Waals surface area contributed by atoms with E-state index in [1.807, 2.05) is 6.92 Å². The molecule has 1 rings (SSSR count). The van der Waals surface area contributed by atoms with Crippen LogP contribution in [0.5, 0.6) is 0 Å². The maximum absolute atomic E-state index is 12.9. The molecule has 1 aromatic carbocycles. The third-order valence-corrected chi connectivity index (χ3v) is 2.61. The number of rotatable bonds is 3. The predicted octanol–water partition coefficient (Wildman–Crippen LogP) is 3.33. The molecule has 1 nitrogen and oxygen atoms in total. The molecule has 14 heavy (non-hydrogen) atoms. The molecule has 0 aliphatic rings. The van der Waals surface area contributed by atoms with Crippen LogP contribution in [0.2, 0.25) is 0 Å². The molecule has 0 N–H and O–H groups in total. The van der Waals surface area contributed by atoms with Crippen molar-refractivity contribution in [3.8, 4) is 0 Å². The van der Waals surface area contributed by atoms with Gasteiger partial charge in [-0.2, -0.15) is 0 Å². The summed E-state index contributed by atoms with van der Waals surface area (Å²) in [6.45, 7) is 3.59. The van der Waals surface area contributed by atoms with E-state index in [2.05, 4.69) is 0 Å². The van der Waals surface area contributed by atoms with Crippen LogP contribution in [0.25, 0.3) is 0 Å². The highest BCUT2D eigenvalue weighted by atomic mass is 35.5. The average molecular weight is 215 g/mol. The summed E-state index contributed by atoms with van der Waals surface area (Å²) in [4.78, 5) is 11.7. The van der Waals surface area contributed by atoms with Crippen LogP contribution in [0.4, 0.5) is 4.39 Å². The van der Waals surface area contributed by atoms with E-state index >= 15 is 0 Å². The molecule has 1 unspecified atom stereocenters. The van der Waals surface area contributed by atoms with Crippen LogP contribution in [0.3, 0.4) is 0 Å². The minimum absolute atomic E-state index is 0.203. The first-order valence-electron chi connectivity index (χ1n) is 4.50. The zero-order chi connectivity index (χ0) is 10.7. The Morgan fingerprint density at radius 2 is 2.21 bits per heavy atom. The van der Waals surface area contributed by atoms with Crippen LogP contribution in [0.1, 0.15) is 29.3 Å². The fourth-order valence-corrected chi connectivity index (χ4v) is 1.33. The third-order valence-electron chi connectivity index (χ3n) is 2.11. The van der Waals surface area contributed by atoms with Crippen LogP contribution >= 0.6 is 11.6 Å². The fraction of sp³-hybridized carbons (Fsp3) is 0.364. The van der Waals surface area contributed by atoms with Crippen molar-refractivity contribution in [1.29, 1.82) is 0 Å². The number of carbonyl (C=O) groups is 1. The van der Waals surface area contributed by atoms with Crippen LogP contribution in [-0.4, -0.2) is 11.2 Å². The number of hydrogen-bond donors (Lipinski definition) is 0. The number of halogens is 2. The molecule has 76 valence electrons. The van der Waals surface area contributed by atoms with Gasteiger partial charge >= 0.3 is 0 Å². The van der Waals surface area contributed by atoms with Gasteiger partial charge in [0.2, 0.25) is 0 Å². The maximum Gasteiger partial charge on any atom is 0.181 e. The van der Waals surface area contributed by atoms with Crippen molar-refractivity contribution in [2.24, 2.45) is 0 Å². The molecule has 0 aromatic heterocycles. The number of benzene rings is 1. The summed E-state index contributed by atoms with van der Waals surface area (Å²) in [6, 6.07) is 4.16. The zero-order valence-corrected chi connectivity index (χ0v) is 8.94. The Labute approximate surface area is 87.9 Å². The molecule has 1 atom stereocenters. The van der Waals surface area contributed by atoms with Gasteiger partial charge in [-0.15, -0.1) is 11.6 Å². The summed E-state index contributed by atoms with van der Waals surface area (Å²) in [6.07, 6.45) is 0.552. The highest BCUT2D eigenvalue weighted by Gasteiger charge is 2.17. The number of ketones is 1. The summed E-state index contributed by atoms with van der Waals surface area (Å²) in [5.74, 6) is -0.606. The minimum Gasteiger partial charge on any atom is -0.292 e. The lowest BCUT2D eigenvalue weighted by molar-refractivity contribution is 0.0984. The molecule has 0 saturated heterocycles. The molecule has 0 spiro atoms. The van der Waals surface area contributed by atoms with Crippen LogP contribution in [-0.2, 0) is 0 Å². The summed E-state index contributed by atoms with van der Waals surface area (Å²) in [5.41, 5.74) is 1.14. The number of carbonyl (C=O) groups excluding carboxylic acids is 1. The van der Waals surface area contributed by atoms with E-state index in [4.69, 9.17) is 11.6 Å².